The van der Waals surface area contributed by atoms with Gasteiger partial charge in [0.15, 0.2) is 11.7 Å². The third-order valence-electron chi connectivity index (χ3n) is 2.51. The molecule has 7 heteroatoms. The van der Waals surface area contributed by atoms with Crippen molar-refractivity contribution in [3.8, 4) is 5.75 Å². The predicted molar refractivity (Wildman–Crippen MR) is 80.0 cm³/mol. The SMILES string of the molecule is Cc1ccc2cccc(OCC(=O)NNC(N)=S)c2n1. The number of ether oxygens (including phenoxy) is 1. The number of aromatic nitrogens is 1. The van der Waals surface area contributed by atoms with Crippen LogP contribution in [-0.4, -0.2) is 22.6 Å². The Morgan fingerprint density at radius 2 is 2.15 bits per heavy atom. The van der Waals surface area contributed by atoms with Gasteiger partial charge in [-0.05, 0) is 31.3 Å². The molecule has 6 nitrogen and oxygen atoms in total. The molecule has 0 bridgehead atoms. The molecule has 0 radical (unpaired) electrons. The Hall–Kier alpha value is -2.41. The Labute approximate surface area is 121 Å². The highest BCUT2D eigenvalue weighted by Crippen LogP contribution is 2.23. The van der Waals surface area contributed by atoms with Gasteiger partial charge in [-0.3, -0.25) is 15.6 Å². The molecule has 0 saturated carbocycles. The summed E-state index contributed by atoms with van der Waals surface area (Å²) >= 11 is 4.57. The van der Waals surface area contributed by atoms with Gasteiger partial charge in [-0.2, -0.15) is 0 Å². The van der Waals surface area contributed by atoms with Crippen molar-refractivity contribution in [2.75, 3.05) is 6.61 Å². The minimum Gasteiger partial charge on any atom is -0.481 e. The van der Waals surface area contributed by atoms with E-state index < -0.39 is 0 Å². The number of hydrogen-bond acceptors (Lipinski definition) is 4. The van der Waals surface area contributed by atoms with Crippen molar-refractivity contribution in [2.45, 2.75) is 6.92 Å². The molecule has 2 aromatic rings. The van der Waals surface area contributed by atoms with Gasteiger partial charge in [0.05, 0.1) is 0 Å². The fraction of sp³-hybridized carbons (Fsp3) is 0.154. The van der Waals surface area contributed by atoms with Gasteiger partial charge in [-0.1, -0.05) is 18.2 Å². The lowest BCUT2D eigenvalue weighted by Crippen LogP contribution is -2.46. The number of carbonyl (C=O) groups excluding carboxylic acids is 1. The van der Waals surface area contributed by atoms with E-state index in [0.717, 1.165) is 16.6 Å². The summed E-state index contributed by atoms with van der Waals surface area (Å²) in [6, 6.07) is 9.43. The number of carbonyl (C=O) groups is 1. The normalized spacial score (nSPS) is 10.1. The van der Waals surface area contributed by atoms with Crippen LogP contribution in [0.5, 0.6) is 5.75 Å². The molecule has 0 aliphatic heterocycles. The van der Waals surface area contributed by atoms with E-state index in [-0.39, 0.29) is 17.6 Å². The molecule has 104 valence electrons. The maximum atomic E-state index is 11.5. The zero-order valence-electron chi connectivity index (χ0n) is 10.8. The maximum Gasteiger partial charge on any atom is 0.276 e. The van der Waals surface area contributed by atoms with Gasteiger partial charge >= 0.3 is 0 Å². The van der Waals surface area contributed by atoms with Crippen LogP contribution >= 0.6 is 12.2 Å². The van der Waals surface area contributed by atoms with Crippen LogP contribution in [0.2, 0.25) is 0 Å². The lowest BCUT2D eigenvalue weighted by molar-refractivity contribution is -0.123. The molecular weight excluding hydrogens is 276 g/mol. The fourth-order valence-corrected chi connectivity index (χ4v) is 1.70. The van der Waals surface area contributed by atoms with Crippen LogP contribution in [0.25, 0.3) is 10.9 Å². The molecule has 0 aliphatic carbocycles. The molecule has 2 rings (SSSR count). The summed E-state index contributed by atoms with van der Waals surface area (Å²) in [7, 11) is 0. The molecule has 0 spiro atoms. The first-order valence-electron chi connectivity index (χ1n) is 5.90. The summed E-state index contributed by atoms with van der Waals surface area (Å²) in [4.78, 5) is 15.9. The van der Waals surface area contributed by atoms with Crippen molar-refractivity contribution in [3.05, 3.63) is 36.0 Å². The summed E-state index contributed by atoms with van der Waals surface area (Å²) in [6.45, 7) is 1.74. The maximum absolute atomic E-state index is 11.5. The third kappa shape index (κ3) is 3.55. The second-order valence-corrected chi connectivity index (χ2v) is 4.55. The number of aryl methyl sites for hydroxylation is 1. The minimum absolute atomic E-state index is 0.0131. The van der Waals surface area contributed by atoms with Gasteiger partial charge in [0.1, 0.15) is 11.3 Å². The van der Waals surface area contributed by atoms with E-state index in [1.54, 1.807) is 6.07 Å². The van der Waals surface area contributed by atoms with Crippen LogP contribution in [0.1, 0.15) is 5.69 Å². The number of fused-ring (bicyclic) bond motifs is 1. The Morgan fingerprint density at radius 3 is 2.90 bits per heavy atom. The molecule has 1 heterocycles. The van der Waals surface area contributed by atoms with E-state index in [1.165, 1.54) is 0 Å². The number of nitrogens with zero attached hydrogens (tertiary/aromatic N) is 1. The van der Waals surface area contributed by atoms with Crippen LogP contribution in [-0.2, 0) is 4.79 Å². The molecule has 1 amide bonds. The van der Waals surface area contributed by atoms with Gasteiger partial charge < -0.3 is 10.5 Å². The first-order chi connectivity index (χ1) is 9.56. The monoisotopic (exact) mass is 290 g/mol. The molecule has 0 unspecified atom stereocenters. The Morgan fingerprint density at radius 1 is 1.35 bits per heavy atom. The summed E-state index contributed by atoms with van der Waals surface area (Å²) in [5.41, 5.74) is 11.5. The van der Waals surface area contributed by atoms with Crippen molar-refractivity contribution in [1.29, 1.82) is 0 Å². The smallest absolute Gasteiger partial charge is 0.276 e. The lowest BCUT2D eigenvalue weighted by atomic mass is 10.2. The van der Waals surface area contributed by atoms with Gasteiger partial charge in [0, 0.05) is 11.1 Å². The molecule has 0 fully saturated rings. The number of thiocarbonyl (C=S) groups is 1. The molecular formula is C13H14N4O2S. The first kappa shape index (κ1) is 14.0. The summed E-state index contributed by atoms with van der Waals surface area (Å²) in [5.74, 6) is 0.166. The van der Waals surface area contributed by atoms with Crippen molar-refractivity contribution in [3.63, 3.8) is 0 Å². The Kier molecular flexibility index (Phi) is 4.31. The first-order valence-corrected chi connectivity index (χ1v) is 6.30. The van der Waals surface area contributed by atoms with E-state index in [9.17, 15) is 4.79 Å². The summed E-state index contributed by atoms with van der Waals surface area (Å²) in [5, 5.41) is 0.940. The van der Waals surface area contributed by atoms with Crippen LogP contribution in [0.15, 0.2) is 30.3 Å². The zero-order chi connectivity index (χ0) is 14.5. The van der Waals surface area contributed by atoms with Crippen LogP contribution in [0.4, 0.5) is 0 Å². The number of benzene rings is 1. The van der Waals surface area contributed by atoms with Crippen LogP contribution in [0.3, 0.4) is 0 Å². The zero-order valence-corrected chi connectivity index (χ0v) is 11.7. The molecule has 20 heavy (non-hydrogen) atoms. The minimum atomic E-state index is -0.387. The molecule has 0 aliphatic rings. The van der Waals surface area contributed by atoms with Crippen molar-refractivity contribution < 1.29 is 9.53 Å². The number of hydrogen-bond donors (Lipinski definition) is 3. The quantitative estimate of drug-likeness (QED) is 0.572. The van der Waals surface area contributed by atoms with Gasteiger partial charge in [0.2, 0.25) is 0 Å². The number of nitrogens with one attached hydrogen (secondary N) is 2. The number of hydrazine groups is 1. The average Bonchev–Trinajstić information content (AvgIpc) is 2.42. The lowest BCUT2D eigenvalue weighted by Gasteiger charge is -2.10. The second kappa shape index (κ2) is 6.16. The Balaban J connectivity index is 2.08. The topological polar surface area (TPSA) is 89.3 Å². The van der Waals surface area contributed by atoms with Gasteiger partial charge in [0.25, 0.3) is 5.91 Å². The number of nitrogens with two attached hydrogens (primary N) is 1. The molecule has 0 atom stereocenters. The van der Waals surface area contributed by atoms with Crippen molar-refractivity contribution in [1.82, 2.24) is 15.8 Å². The fourth-order valence-electron chi connectivity index (χ4n) is 1.64. The standard InChI is InChI=1S/C13H14N4O2S/c1-8-5-6-9-3-2-4-10(12(9)15-8)19-7-11(18)16-17-13(14)20/h2-6H,7H2,1H3,(H,16,18)(H3,14,17,20). The molecule has 1 aromatic heterocycles. The number of rotatable bonds is 3. The second-order valence-electron chi connectivity index (χ2n) is 4.11. The van der Waals surface area contributed by atoms with Gasteiger partial charge in [-0.15, -0.1) is 0 Å². The van der Waals surface area contributed by atoms with Gasteiger partial charge in [-0.25, -0.2) is 4.98 Å². The van der Waals surface area contributed by atoms with E-state index >= 15 is 0 Å². The third-order valence-corrected chi connectivity index (χ3v) is 2.61. The number of pyridine rings is 1. The van der Waals surface area contributed by atoms with E-state index in [1.807, 2.05) is 31.2 Å². The summed E-state index contributed by atoms with van der Waals surface area (Å²) in [6.07, 6.45) is 0. The molecule has 4 N–H and O–H groups in total. The van der Waals surface area contributed by atoms with Crippen LogP contribution < -0.4 is 21.3 Å². The average molecular weight is 290 g/mol. The number of para-hydroxylation sites is 1. The molecule has 0 saturated heterocycles. The summed E-state index contributed by atoms with van der Waals surface area (Å²) < 4.78 is 5.47. The van der Waals surface area contributed by atoms with Crippen LogP contribution in [0, 0.1) is 6.92 Å². The highest BCUT2D eigenvalue weighted by Gasteiger charge is 2.07. The molecule has 1 aromatic carbocycles. The van der Waals surface area contributed by atoms with E-state index in [4.69, 9.17) is 10.5 Å². The predicted octanol–water partition coefficient (Wildman–Crippen LogP) is 0.786. The van der Waals surface area contributed by atoms with Crippen molar-refractivity contribution >= 4 is 34.1 Å². The Bertz CT molecular complexity index is 660. The van der Waals surface area contributed by atoms with E-state index in [0.29, 0.717) is 5.75 Å². The number of amides is 1. The van der Waals surface area contributed by atoms with Crippen molar-refractivity contribution in [2.24, 2.45) is 5.73 Å². The largest absolute Gasteiger partial charge is 0.481 e. The highest BCUT2D eigenvalue weighted by atomic mass is 32.1. The highest BCUT2D eigenvalue weighted by molar-refractivity contribution is 7.80. The van der Waals surface area contributed by atoms with E-state index in [2.05, 4.69) is 28.1 Å².